The van der Waals surface area contributed by atoms with E-state index in [0.717, 1.165) is 55.0 Å². The molecule has 13 rings (SSSR count). The zero-order chi connectivity index (χ0) is 39.0. The molecule has 1 aliphatic rings. The van der Waals surface area contributed by atoms with Crippen molar-refractivity contribution in [3.8, 4) is 44.5 Å². The maximum atomic E-state index is 6.70. The molecule has 2 heteroatoms. The van der Waals surface area contributed by atoms with Crippen LogP contribution in [0.25, 0.3) is 121 Å². The molecule has 2 aromatic heterocycles. The van der Waals surface area contributed by atoms with Crippen molar-refractivity contribution in [3.05, 3.63) is 193 Å². The maximum Gasteiger partial charge on any atom is 0.143 e. The minimum Gasteiger partial charge on any atom is -0.456 e. The fourth-order valence-electron chi connectivity index (χ4n) is 10.5. The van der Waals surface area contributed by atoms with Crippen LogP contribution in [-0.2, 0) is 5.41 Å². The van der Waals surface area contributed by atoms with Crippen molar-refractivity contribution in [2.45, 2.75) is 19.3 Å². The zero-order valence-corrected chi connectivity index (χ0v) is 32.6. The van der Waals surface area contributed by atoms with Crippen LogP contribution >= 0.6 is 0 Å². The predicted octanol–water partition coefficient (Wildman–Crippen LogP) is 16.3. The number of furan rings is 2. The molecule has 0 bridgehead atoms. The monoisotopic (exact) mass is 752 g/mol. The molecule has 0 fully saturated rings. The molecular formula is C57H36O2. The molecule has 59 heavy (non-hydrogen) atoms. The van der Waals surface area contributed by atoms with Crippen molar-refractivity contribution in [1.29, 1.82) is 0 Å². The molecule has 0 atom stereocenters. The van der Waals surface area contributed by atoms with Crippen LogP contribution in [0, 0.1) is 0 Å². The standard InChI is InChI=1S/C57H36O2/c1-57(2)49-28-26-34(37-21-12-23-45-48-31-47-39-16-9-10-24-51(39)58-52(47)32-53(48)59-56(37)45)29-46(49)38-27-25-35(30-50(38)57)54-41-17-5-7-19-43(41)55(44-20-8-6-18-42(44)54)40-22-11-14-33-13-3-4-15-36(33)40/h3-32H,1-2H3. The van der Waals surface area contributed by atoms with Crippen molar-refractivity contribution in [2.75, 3.05) is 0 Å². The van der Waals surface area contributed by atoms with Gasteiger partial charge in [-0.3, -0.25) is 0 Å². The number of rotatable bonds is 3. The molecule has 0 amide bonds. The third kappa shape index (κ3) is 4.52. The third-order valence-electron chi connectivity index (χ3n) is 13.3. The lowest BCUT2D eigenvalue weighted by Gasteiger charge is -2.23. The van der Waals surface area contributed by atoms with E-state index in [2.05, 4.69) is 184 Å². The Morgan fingerprint density at radius 2 is 0.915 bits per heavy atom. The van der Waals surface area contributed by atoms with Gasteiger partial charge in [0.2, 0.25) is 0 Å². The minimum atomic E-state index is -0.185. The van der Waals surface area contributed by atoms with Gasteiger partial charge in [-0.05, 0) is 107 Å². The quantitative estimate of drug-likeness (QED) is 0.168. The van der Waals surface area contributed by atoms with Crippen LogP contribution in [0.3, 0.4) is 0 Å². The first-order chi connectivity index (χ1) is 29.0. The van der Waals surface area contributed by atoms with Gasteiger partial charge in [0.25, 0.3) is 0 Å². The highest BCUT2D eigenvalue weighted by molar-refractivity contribution is 6.24. The number of fused-ring (bicyclic) bond motifs is 12. The van der Waals surface area contributed by atoms with E-state index in [0.29, 0.717) is 0 Å². The summed E-state index contributed by atoms with van der Waals surface area (Å²) in [7, 11) is 0. The van der Waals surface area contributed by atoms with E-state index in [1.54, 1.807) is 0 Å². The number of benzene rings is 10. The van der Waals surface area contributed by atoms with Crippen LogP contribution in [0.4, 0.5) is 0 Å². The lowest BCUT2D eigenvalue weighted by Crippen LogP contribution is -2.15. The summed E-state index contributed by atoms with van der Waals surface area (Å²) in [5.74, 6) is 0. The summed E-state index contributed by atoms with van der Waals surface area (Å²) >= 11 is 0. The lowest BCUT2D eigenvalue weighted by atomic mass is 9.80. The van der Waals surface area contributed by atoms with Gasteiger partial charge in [0, 0.05) is 38.6 Å². The molecule has 0 saturated carbocycles. The Morgan fingerprint density at radius 1 is 0.322 bits per heavy atom. The van der Waals surface area contributed by atoms with E-state index in [1.165, 1.54) is 76.8 Å². The average molecular weight is 753 g/mol. The Labute approximate surface area is 340 Å². The molecular weight excluding hydrogens is 717 g/mol. The van der Waals surface area contributed by atoms with Gasteiger partial charge in [-0.2, -0.15) is 0 Å². The van der Waals surface area contributed by atoms with Gasteiger partial charge in [0.05, 0.1) is 0 Å². The summed E-state index contributed by atoms with van der Waals surface area (Å²) in [6.07, 6.45) is 0. The SMILES string of the molecule is CC1(C)c2ccc(-c3cccc4c3oc3cc5oc6ccccc6c5cc34)cc2-c2ccc(-c3c4ccccc4c(-c4cccc5ccccc45)c4ccccc34)cc21. The lowest BCUT2D eigenvalue weighted by molar-refractivity contribution is 0.656. The number of hydrogen-bond donors (Lipinski definition) is 0. The summed E-state index contributed by atoms with van der Waals surface area (Å²) in [6, 6.07) is 66.6. The van der Waals surface area contributed by atoms with Crippen LogP contribution in [-0.4, -0.2) is 0 Å². The van der Waals surface area contributed by atoms with Crippen LogP contribution in [0.2, 0.25) is 0 Å². The van der Waals surface area contributed by atoms with E-state index in [4.69, 9.17) is 8.83 Å². The molecule has 0 unspecified atom stereocenters. The Bertz CT molecular complexity index is 3700. The van der Waals surface area contributed by atoms with Crippen molar-refractivity contribution >= 4 is 76.2 Å². The smallest absolute Gasteiger partial charge is 0.143 e. The average Bonchev–Trinajstić information content (AvgIpc) is 3.90. The minimum absolute atomic E-state index is 0.185. The van der Waals surface area contributed by atoms with Gasteiger partial charge in [-0.1, -0.05) is 166 Å². The van der Waals surface area contributed by atoms with Gasteiger partial charge in [0.15, 0.2) is 0 Å². The zero-order valence-electron chi connectivity index (χ0n) is 32.6. The van der Waals surface area contributed by atoms with E-state index < -0.39 is 0 Å². The van der Waals surface area contributed by atoms with Gasteiger partial charge < -0.3 is 8.83 Å². The van der Waals surface area contributed by atoms with E-state index in [9.17, 15) is 0 Å². The molecule has 1 aliphatic carbocycles. The number of para-hydroxylation sites is 2. The van der Waals surface area contributed by atoms with Crippen molar-refractivity contribution in [1.82, 2.24) is 0 Å². The van der Waals surface area contributed by atoms with Crippen LogP contribution < -0.4 is 0 Å². The highest BCUT2D eigenvalue weighted by Crippen LogP contribution is 2.53. The molecule has 0 N–H and O–H groups in total. The molecule has 276 valence electrons. The van der Waals surface area contributed by atoms with Crippen molar-refractivity contribution in [3.63, 3.8) is 0 Å². The largest absolute Gasteiger partial charge is 0.456 e. The Hall–Kier alpha value is -7.42. The van der Waals surface area contributed by atoms with Gasteiger partial charge in [0.1, 0.15) is 22.3 Å². The fraction of sp³-hybridized carbons (Fsp3) is 0.0526. The summed E-state index contributed by atoms with van der Waals surface area (Å²) in [6.45, 7) is 4.75. The first kappa shape index (κ1) is 32.6. The van der Waals surface area contributed by atoms with Gasteiger partial charge >= 0.3 is 0 Å². The predicted molar refractivity (Wildman–Crippen MR) is 247 cm³/mol. The number of hydrogen-bond acceptors (Lipinski definition) is 2. The van der Waals surface area contributed by atoms with Crippen LogP contribution in [0.1, 0.15) is 25.0 Å². The summed E-state index contributed by atoms with van der Waals surface area (Å²) < 4.78 is 12.9. The second-order valence-corrected chi connectivity index (χ2v) is 16.7. The Morgan fingerprint density at radius 3 is 1.71 bits per heavy atom. The topological polar surface area (TPSA) is 26.3 Å². The fourth-order valence-corrected chi connectivity index (χ4v) is 10.5. The first-order valence-electron chi connectivity index (χ1n) is 20.5. The summed E-state index contributed by atoms with van der Waals surface area (Å²) in [4.78, 5) is 0. The molecule has 0 spiro atoms. The molecule has 0 radical (unpaired) electrons. The van der Waals surface area contributed by atoms with Crippen LogP contribution in [0.15, 0.2) is 191 Å². The maximum absolute atomic E-state index is 6.70. The highest BCUT2D eigenvalue weighted by atomic mass is 16.3. The summed E-state index contributed by atoms with van der Waals surface area (Å²) in [5.41, 5.74) is 15.9. The van der Waals surface area contributed by atoms with Crippen molar-refractivity contribution in [2.24, 2.45) is 0 Å². The Kier molecular flexibility index (Phi) is 6.54. The normalized spacial score (nSPS) is 13.4. The molecule has 2 nitrogen and oxygen atoms in total. The second-order valence-electron chi connectivity index (χ2n) is 16.7. The first-order valence-corrected chi connectivity index (χ1v) is 20.5. The molecule has 12 aromatic rings. The van der Waals surface area contributed by atoms with Gasteiger partial charge in [-0.15, -0.1) is 0 Å². The molecule has 0 aliphatic heterocycles. The van der Waals surface area contributed by atoms with Gasteiger partial charge in [-0.25, -0.2) is 0 Å². The Balaban J connectivity index is 0.974. The second kappa shape index (κ2) is 11.8. The molecule has 10 aromatic carbocycles. The molecule has 0 saturated heterocycles. The van der Waals surface area contributed by atoms with E-state index in [-0.39, 0.29) is 5.41 Å². The van der Waals surface area contributed by atoms with E-state index >= 15 is 0 Å². The summed E-state index contributed by atoms with van der Waals surface area (Å²) in [5, 5.41) is 12.1. The molecule has 2 heterocycles. The van der Waals surface area contributed by atoms with Crippen LogP contribution in [0.5, 0.6) is 0 Å². The van der Waals surface area contributed by atoms with E-state index in [1.807, 2.05) is 12.1 Å². The highest BCUT2D eigenvalue weighted by Gasteiger charge is 2.36. The third-order valence-corrected chi connectivity index (χ3v) is 13.3. The van der Waals surface area contributed by atoms with Crippen molar-refractivity contribution < 1.29 is 8.83 Å².